The molecule has 1 aromatic rings. The summed E-state index contributed by atoms with van der Waals surface area (Å²) in [6, 6.07) is 3.56. The number of ether oxygens (including phenoxy) is 1. The summed E-state index contributed by atoms with van der Waals surface area (Å²) in [6.45, 7) is 5.45. The predicted molar refractivity (Wildman–Crippen MR) is 104 cm³/mol. The van der Waals surface area contributed by atoms with Gasteiger partial charge in [0, 0.05) is 38.9 Å². The van der Waals surface area contributed by atoms with E-state index in [4.69, 9.17) is 21.5 Å². The number of hydrogen-bond acceptors (Lipinski definition) is 6. The number of nitrogens with one attached hydrogen (secondary N) is 3. The Kier molecular flexibility index (Phi) is 9.90. The van der Waals surface area contributed by atoms with Gasteiger partial charge in [-0.15, -0.1) is 0 Å². The molecule has 1 heterocycles. The van der Waals surface area contributed by atoms with Crippen molar-refractivity contribution < 1.29 is 9.13 Å². The molecule has 1 fully saturated rings. The third kappa shape index (κ3) is 7.68. The van der Waals surface area contributed by atoms with E-state index >= 15 is 0 Å². The van der Waals surface area contributed by atoms with E-state index in [0.717, 1.165) is 77.0 Å². The zero-order valence-electron chi connectivity index (χ0n) is 14.5. The van der Waals surface area contributed by atoms with Crippen molar-refractivity contribution >= 4 is 29.2 Å². The molecule has 1 aliphatic heterocycles. The first-order valence-corrected chi connectivity index (χ1v) is 10.1. The highest BCUT2D eigenvalue weighted by Crippen LogP contribution is 2.29. The monoisotopic (exact) mass is 390 g/mol. The molecule has 1 aromatic carbocycles. The second-order valence-electron chi connectivity index (χ2n) is 6.10. The quantitative estimate of drug-likeness (QED) is 0.344. The summed E-state index contributed by atoms with van der Waals surface area (Å²) in [6.07, 6.45) is 4.27. The van der Waals surface area contributed by atoms with Crippen LogP contribution < -0.4 is 21.1 Å². The van der Waals surface area contributed by atoms with Crippen molar-refractivity contribution in [3.63, 3.8) is 0 Å². The van der Waals surface area contributed by atoms with Crippen molar-refractivity contribution in [1.29, 1.82) is 0 Å². The van der Waals surface area contributed by atoms with E-state index in [9.17, 15) is 4.39 Å². The summed E-state index contributed by atoms with van der Waals surface area (Å²) in [5.74, 6) is -0.349. The summed E-state index contributed by atoms with van der Waals surface area (Å²) >= 11 is 6.98. The van der Waals surface area contributed by atoms with Crippen LogP contribution in [0.3, 0.4) is 0 Å². The number of halogens is 2. The van der Waals surface area contributed by atoms with E-state index in [1.165, 1.54) is 6.07 Å². The molecule has 2 rings (SSSR count). The number of rotatable bonds is 11. The highest BCUT2D eigenvalue weighted by molar-refractivity contribution is 7.97. The molecule has 0 amide bonds. The fraction of sp³-hybridized carbons (Fsp3) is 0.647. The molecular formula is C17H28ClFN4OS. The molecule has 0 aromatic heterocycles. The number of nitrogens with two attached hydrogens (primary N) is 1. The zero-order chi connectivity index (χ0) is 17.9. The first-order valence-electron chi connectivity index (χ1n) is 8.82. The molecule has 0 saturated carbocycles. The summed E-state index contributed by atoms with van der Waals surface area (Å²) in [5.41, 5.74) is 0.616. The van der Waals surface area contributed by atoms with Gasteiger partial charge in [0.2, 0.25) is 0 Å². The normalized spacial score (nSPS) is 15.5. The van der Waals surface area contributed by atoms with Crippen LogP contribution in [0.1, 0.15) is 25.7 Å². The van der Waals surface area contributed by atoms with E-state index in [0.29, 0.717) is 21.6 Å². The minimum absolute atomic E-state index is 0.349. The number of unbranched alkanes of at least 4 members (excludes halogenated alkanes) is 1. The highest BCUT2D eigenvalue weighted by atomic mass is 35.5. The Labute approximate surface area is 158 Å². The zero-order valence-corrected chi connectivity index (χ0v) is 16.0. The predicted octanol–water partition coefficient (Wildman–Crippen LogP) is 3.00. The van der Waals surface area contributed by atoms with Crippen LogP contribution in [-0.4, -0.2) is 45.4 Å². The molecule has 142 valence electrons. The van der Waals surface area contributed by atoms with Crippen LogP contribution in [0, 0.1) is 5.82 Å². The van der Waals surface area contributed by atoms with Crippen LogP contribution in [0.5, 0.6) is 0 Å². The third-order valence-electron chi connectivity index (χ3n) is 4.20. The fourth-order valence-corrected chi connectivity index (χ4v) is 3.40. The molecule has 5 N–H and O–H groups in total. The molecule has 0 spiro atoms. The smallest absolute Gasteiger partial charge is 0.140 e. The van der Waals surface area contributed by atoms with Gasteiger partial charge in [0.15, 0.2) is 0 Å². The lowest BCUT2D eigenvalue weighted by atomic mass is 10.1. The second-order valence-corrected chi connectivity index (χ2v) is 7.19. The lowest BCUT2D eigenvalue weighted by Gasteiger charge is -2.23. The van der Waals surface area contributed by atoms with Crippen LogP contribution in [0.15, 0.2) is 17.0 Å². The Morgan fingerprint density at radius 3 is 2.68 bits per heavy atom. The van der Waals surface area contributed by atoms with Crippen LogP contribution in [0.4, 0.5) is 10.1 Å². The summed E-state index contributed by atoms with van der Waals surface area (Å²) < 4.78 is 19.0. The van der Waals surface area contributed by atoms with Gasteiger partial charge in [-0.2, -0.15) is 0 Å². The van der Waals surface area contributed by atoms with Gasteiger partial charge in [-0.3, -0.25) is 5.14 Å². The molecule has 0 unspecified atom stereocenters. The van der Waals surface area contributed by atoms with Crippen LogP contribution >= 0.6 is 23.5 Å². The minimum atomic E-state index is -0.349. The van der Waals surface area contributed by atoms with Crippen LogP contribution in [-0.2, 0) is 4.74 Å². The average molecular weight is 391 g/mol. The Balaban J connectivity index is 1.48. The average Bonchev–Trinajstić information content (AvgIpc) is 2.63. The molecule has 0 aliphatic carbocycles. The Hall–Kier alpha value is -0.570. The summed E-state index contributed by atoms with van der Waals surface area (Å²) in [7, 11) is 0. The third-order valence-corrected chi connectivity index (χ3v) is 5.08. The van der Waals surface area contributed by atoms with Gasteiger partial charge in [-0.25, -0.2) is 4.39 Å². The molecule has 5 nitrogen and oxygen atoms in total. The minimum Gasteiger partial charge on any atom is -0.384 e. The van der Waals surface area contributed by atoms with Crippen molar-refractivity contribution in [3.8, 4) is 0 Å². The standard InChI is InChI=1S/C17H28ClFN4OS/c18-14-11-17(25-20)15(19)12-16(14)23-6-2-1-5-21-7-8-22-13-3-9-24-10-4-13/h11-13,21-23H,1-10,20H2. The Morgan fingerprint density at radius 2 is 1.92 bits per heavy atom. The van der Waals surface area contributed by atoms with E-state index < -0.39 is 0 Å². The molecule has 0 atom stereocenters. The second kappa shape index (κ2) is 11.9. The first-order chi connectivity index (χ1) is 12.2. The largest absolute Gasteiger partial charge is 0.384 e. The lowest BCUT2D eigenvalue weighted by Crippen LogP contribution is -2.38. The van der Waals surface area contributed by atoms with Crippen molar-refractivity contribution in [2.45, 2.75) is 36.6 Å². The molecule has 8 heteroatoms. The summed E-state index contributed by atoms with van der Waals surface area (Å²) in [4.78, 5) is 0.356. The molecule has 1 saturated heterocycles. The van der Waals surface area contributed by atoms with E-state index in [1.807, 2.05) is 0 Å². The SMILES string of the molecule is NSc1cc(Cl)c(NCCCCNCCNC2CCOCC2)cc1F. The summed E-state index contributed by atoms with van der Waals surface area (Å²) in [5, 5.41) is 16.0. The fourth-order valence-electron chi connectivity index (χ4n) is 2.74. The molecule has 25 heavy (non-hydrogen) atoms. The highest BCUT2D eigenvalue weighted by Gasteiger charge is 2.12. The van der Waals surface area contributed by atoms with E-state index in [1.54, 1.807) is 6.07 Å². The van der Waals surface area contributed by atoms with Gasteiger partial charge in [0.1, 0.15) is 5.82 Å². The Bertz CT molecular complexity index is 518. The molecule has 1 aliphatic rings. The van der Waals surface area contributed by atoms with Crippen molar-refractivity contribution in [2.75, 3.05) is 44.7 Å². The Morgan fingerprint density at radius 1 is 1.16 bits per heavy atom. The van der Waals surface area contributed by atoms with Crippen molar-refractivity contribution in [3.05, 3.63) is 23.0 Å². The number of benzene rings is 1. The van der Waals surface area contributed by atoms with E-state index in [2.05, 4.69) is 16.0 Å². The topological polar surface area (TPSA) is 71.3 Å². The van der Waals surface area contributed by atoms with Gasteiger partial charge < -0.3 is 20.7 Å². The maximum Gasteiger partial charge on any atom is 0.140 e. The maximum atomic E-state index is 13.7. The van der Waals surface area contributed by atoms with Gasteiger partial charge in [-0.05, 0) is 56.3 Å². The number of hydrogen-bond donors (Lipinski definition) is 4. The molecular weight excluding hydrogens is 363 g/mol. The van der Waals surface area contributed by atoms with Gasteiger partial charge >= 0.3 is 0 Å². The molecule has 0 bridgehead atoms. The van der Waals surface area contributed by atoms with Crippen LogP contribution in [0.2, 0.25) is 5.02 Å². The van der Waals surface area contributed by atoms with Gasteiger partial charge in [0.25, 0.3) is 0 Å². The molecule has 0 radical (unpaired) electrons. The van der Waals surface area contributed by atoms with Crippen LogP contribution in [0.25, 0.3) is 0 Å². The van der Waals surface area contributed by atoms with E-state index in [-0.39, 0.29) is 5.82 Å². The number of anilines is 1. The van der Waals surface area contributed by atoms with Crippen molar-refractivity contribution in [1.82, 2.24) is 10.6 Å². The van der Waals surface area contributed by atoms with Gasteiger partial charge in [0.05, 0.1) is 15.6 Å². The van der Waals surface area contributed by atoms with Crippen molar-refractivity contribution in [2.24, 2.45) is 5.14 Å². The maximum absolute atomic E-state index is 13.7. The van der Waals surface area contributed by atoms with Gasteiger partial charge in [-0.1, -0.05) is 11.6 Å². The first kappa shape index (κ1) is 20.7. The lowest BCUT2D eigenvalue weighted by molar-refractivity contribution is 0.0782.